The van der Waals surface area contributed by atoms with Gasteiger partial charge in [-0.2, -0.15) is 30.1 Å². The molecule has 0 saturated carbocycles. The number of nitrogens with one attached hydrogen (secondary N) is 1. The highest BCUT2D eigenvalue weighted by atomic mass is 16.7. The molecule has 442 valence electrons. The summed E-state index contributed by atoms with van der Waals surface area (Å²) >= 11 is 0. The molecule has 1 N–H and O–H groups in total. The topological polar surface area (TPSA) is 112 Å². The fourth-order valence-corrected chi connectivity index (χ4v) is 15.0. The first kappa shape index (κ1) is 64.9. The van der Waals surface area contributed by atoms with Crippen molar-refractivity contribution in [3.05, 3.63) is 5.32 Å². The first-order valence-corrected chi connectivity index (χ1v) is 31.2. The van der Waals surface area contributed by atoms with Crippen LogP contribution in [-0.2, 0) is 14.5 Å². The maximum atomic E-state index is 6.65. The Labute approximate surface area is 467 Å². The predicted octanol–water partition coefficient (Wildman–Crippen LogP) is 14.2. The van der Waals surface area contributed by atoms with E-state index < -0.39 is 0 Å². The van der Waals surface area contributed by atoms with E-state index in [0.29, 0.717) is 6.04 Å². The smallest absolute Gasteiger partial charge is 0.232 e. The van der Waals surface area contributed by atoms with Crippen LogP contribution in [0.1, 0.15) is 267 Å². The second-order valence-corrected chi connectivity index (χ2v) is 29.2. The first-order valence-electron chi connectivity index (χ1n) is 31.2. The van der Waals surface area contributed by atoms with Gasteiger partial charge in [-0.3, -0.25) is 14.5 Å². The maximum Gasteiger partial charge on any atom is 0.232 e. The van der Waals surface area contributed by atoms with E-state index in [9.17, 15) is 0 Å². The van der Waals surface area contributed by atoms with Gasteiger partial charge in [-0.1, -0.05) is 88.0 Å². The molecule has 0 amide bonds. The van der Waals surface area contributed by atoms with E-state index in [1.165, 1.54) is 6.42 Å². The zero-order valence-electron chi connectivity index (χ0n) is 53.4. The van der Waals surface area contributed by atoms with Crippen LogP contribution in [-0.4, -0.2) is 145 Å². The number of piperidine rings is 4. The number of rotatable bonds is 29. The molecule has 0 atom stereocenters. The van der Waals surface area contributed by atoms with Crippen molar-refractivity contribution in [2.75, 3.05) is 60.7 Å². The van der Waals surface area contributed by atoms with Gasteiger partial charge in [0.15, 0.2) is 0 Å². The summed E-state index contributed by atoms with van der Waals surface area (Å²) in [7, 11) is 0. The molecule has 0 bridgehead atoms. The van der Waals surface area contributed by atoms with Crippen LogP contribution in [0.2, 0.25) is 0 Å². The molecular formula is C62H120N11O3-. The third-order valence-corrected chi connectivity index (χ3v) is 17.0. The van der Waals surface area contributed by atoms with Crippen molar-refractivity contribution < 1.29 is 14.5 Å². The van der Waals surface area contributed by atoms with Crippen LogP contribution in [0.15, 0.2) is 0 Å². The second kappa shape index (κ2) is 26.8. The Morgan fingerprint density at radius 2 is 0.711 bits per heavy atom. The summed E-state index contributed by atoms with van der Waals surface area (Å²) in [6.07, 6.45) is 19.8. The Balaban J connectivity index is 1.56. The predicted molar refractivity (Wildman–Crippen MR) is 320 cm³/mol. The van der Waals surface area contributed by atoms with E-state index >= 15 is 0 Å². The number of hydrogen-bond acceptors (Lipinski definition) is 13. The van der Waals surface area contributed by atoms with Crippen molar-refractivity contribution >= 4 is 17.8 Å². The molecule has 0 unspecified atom stereocenters. The Morgan fingerprint density at radius 3 is 1.04 bits per heavy atom. The van der Waals surface area contributed by atoms with Gasteiger partial charge < -0.3 is 25.3 Å². The molecule has 76 heavy (non-hydrogen) atoms. The summed E-state index contributed by atoms with van der Waals surface area (Å²) in [5.74, 6) is 2.51. The summed E-state index contributed by atoms with van der Waals surface area (Å²) in [6.45, 7) is 54.9. The molecule has 1 aromatic heterocycles. The number of hydrogen-bond donors (Lipinski definition) is 1. The molecule has 0 aromatic carbocycles. The van der Waals surface area contributed by atoms with E-state index in [2.05, 4.69) is 181 Å². The second-order valence-electron chi connectivity index (χ2n) is 29.2. The molecule has 4 saturated heterocycles. The third-order valence-electron chi connectivity index (χ3n) is 17.0. The van der Waals surface area contributed by atoms with Crippen LogP contribution in [0.5, 0.6) is 0 Å². The lowest BCUT2D eigenvalue weighted by Crippen LogP contribution is -2.64. The van der Waals surface area contributed by atoms with Gasteiger partial charge in [0, 0.05) is 77.0 Å². The van der Waals surface area contributed by atoms with Gasteiger partial charge >= 0.3 is 0 Å². The average Bonchev–Trinajstić information content (AvgIpc) is 3.27. The highest BCUT2D eigenvalue weighted by Crippen LogP contribution is 2.46. The summed E-state index contributed by atoms with van der Waals surface area (Å²) in [5, 5.41) is 16.3. The fraction of sp³-hybridized carbons (Fsp3) is 0.952. The van der Waals surface area contributed by atoms with Gasteiger partial charge in [0.25, 0.3) is 0 Å². The number of hydroxylamine groups is 6. The van der Waals surface area contributed by atoms with E-state index in [1.807, 2.05) is 0 Å². The quantitative estimate of drug-likeness (QED) is 0.0769. The Bertz CT molecular complexity index is 1830. The number of unbranched alkanes of at least 4 members (excludes halogenated alkanes) is 5. The SMILES string of the molecule is CCCCN(c1nc(N(CCCC)C2CC(C)(C)N(OCCC)C(C)(C)C2)nc(N(CCCCCCNC2CC(C)(C)N(OCCC)C(C)(C)C2)C2CC(C)(C)N(OCCC)C(C)(C)C2)n1)C1CC(C)(C)[N-]C(C)(C)C1. The van der Waals surface area contributed by atoms with Crippen molar-refractivity contribution in [1.29, 1.82) is 0 Å². The minimum absolute atomic E-state index is 0.0261. The van der Waals surface area contributed by atoms with Gasteiger partial charge in [0.1, 0.15) is 0 Å². The molecule has 5 rings (SSSR count). The minimum Gasteiger partial charge on any atom is -0.652 e. The highest BCUT2D eigenvalue weighted by molar-refractivity contribution is 5.49. The molecule has 0 radical (unpaired) electrons. The molecule has 4 aliphatic heterocycles. The molecule has 0 spiro atoms. The minimum atomic E-state index is -0.209. The van der Waals surface area contributed by atoms with Gasteiger partial charge in [-0.15, -0.1) is 11.1 Å². The molecule has 14 heteroatoms. The van der Waals surface area contributed by atoms with Gasteiger partial charge in [0.2, 0.25) is 17.8 Å². The Hall–Kier alpha value is -1.91. The fourth-order valence-electron chi connectivity index (χ4n) is 15.0. The summed E-state index contributed by atoms with van der Waals surface area (Å²) in [5.41, 5.74) is -1.17. The van der Waals surface area contributed by atoms with Gasteiger partial charge in [0.05, 0.1) is 19.8 Å². The van der Waals surface area contributed by atoms with Crippen molar-refractivity contribution in [2.24, 2.45) is 0 Å². The van der Waals surface area contributed by atoms with E-state index in [4.69, 9.17) is 34.8 Å². The van der Waals surface area contributed by atoms with Gasteiger partial charge in [-0.25, -0.2) is 0 Å². The van der Waals surface area contributed by atoms with Crippen LogP contribution >= 0.6 is 0 Å². The third kappa shape index (κ3) is 17.1. The van der Waals surface area contributed by atoms with E-state index in [-0.39, 0.29) is 62.4 Å². The molecule has 14 nitrogen and oxygen atoms in total. The largest absolute Gasteiger partial charge is 0.652 e. The summed E-state index contributed by atoms with van der Waals surface area (Å²) < 4.78 is 0. The van der Waals surface area contributed by atoms with Crippen LogP contribution in [0, 0.1) is 0 Å². The maximum absolute atomic E-state index is 6.65. The van der Waals surface area contributed by atoms with Crippen molar-refractivity contribution in [1.82, 2.24) is 35.5 Å². The number of anilines is 3. The lowest BCUT2D eigenvalue weighted by molar-refractivity contribution is -0.283. The Kier molecular flexibility index (Phi) is 22.9. The van der Waals surface area contributed by atoms with E-state index in [0.717, 1.165) is 179 Å². The number of aromatic nitrogens is 3. The molecule has 5 heterocycles. The Morgan fingerprint density at radius 1 is 0.408 bits per heavy atom. The zero-order chi connectivity index (χ0) is 56.5. The first-order chi connectivity index (χ1) is 35.4. The zero-order valence-corrected chi connectivity index (χ0v) is 53.4. The standard InChI is InChI=1S/C62H120N11O3/c1-22-27-34-68(49-42-55(6,7)67-56(8,9)43-49)52-64-53(69(35-28-23-2)50-44-59(14,15)72(75-38-25-4)60(16,17)45-50)66-54(65-52)70(51-46-61(18,19)73(76-39-26-5)62(20,21)47-51)36-32-30-29-31-33-63-48-40-57(10,11)71(74-37-24-3)58(12,13)41-48/h48-51,63H,22-47H2,1-21H3/q-1. The lowest BCUT2D eigenvalue weighted by Gasteiger charge is -2.61. The monoisotopic (exact) mass is 1070 g/mol. The van der Waals surface area contributed by atoms with Crippen molar-refractivity contribution in [3.63, 3.8) is 0 Å². The highest BCUT2D eigenvalue weighted by Gasteiger charge is 2.51. The van der Waals surface area contributed by atoms with Crippen molar-refractivity contribution in [2.45, 2.75) is 336 Å². The molecule has 0 aliphatic carbocycles. The van der Waals surface area contributed by atoms with Gasteiger partial charge in [-0.05, 0) is 186 Å². The lowest BCUT2D eigenvalue weighted by atomic mass is 9.78. The van der Waals surface area contributed by atoms with Crippen LogP contribution in [0.3, 0.4) is 0 Å². The average molecular weight is 1070 g/mol. The van der Waals surface area contributed by atoms with Crippen LogP contribution in [0.25, 0.3) is 5.32 Å². The summed E-state index contributed by atoms with van der Waals surface area (Å²) in [4.78, 5) is 44.9. The normalized spacial score (nSPS) is 24.0. The van der Waals surface area contributed by atoms with Crippen LogP contribution in [0.4, 0.5) is 17.8 Å². The molecule has 4 aliphatic rings. The van der Waals surface area contributed by atoms with E-state index in [1.54, 1.807) is 0 Å². The molecule has 4 fully saturated rings. The number of nitrogens with zero attached hydrogens (tertiary/aromatic N) is 10. The van der Waals surface area contributed by atoms with Crippen molar-refractivity contribution in [3.8, 4) is 0 Å². The molecule has 1 aromatic rings. The molecular weight excluding hydrogens is 947 g/mol. The van der Waals surface area contributed by atoms with Crippen LogP contribution < -0.4 is 20.0 Å². The summed E-state index contributed by atoms with van der Waals surface area (Å²) in [6, 6.07) is 1.14.